The number of hydrogen-bond acceptors (Lipinski definition) is 8. The summed E-state index contributed by atoms with van der Waals surface area (Å²) < 4.78 is 36.5. The van der Waals surface area contributed by atoms with Gasteiger partial charge >= 0.3 is 5.97 Å². The number of sulfonamides is 1. The SMILES string of the molecule is CN(C)S(=O)(=O)c1ccc2onc(C(=O)Nc3ccc(C#N)cc3C(=O)OC(C)(C)C)c2c1. The molecule has 1 N–H and O–H groups in total. The number of fused-ring (bicyclic) bond motifs is 1. The number of rotatable bonds is 5. The summed E-state index contributed by atoms with van der Waals surface area (Å²) in [5, 5.41) is 15.7. The molecule has 0 fully saturated rings. The number of hydrogen-bond donors (Lipinski definition) is 1. The standard InChI is InChI=1S/C22H22N4O6S/c1-22(2,3)31-21(28)15-10-13(12-23)6-8-17(15)24-20(27)19-16-11-14(33(29,30)26(4)5)7-9-18(16)32-25-19/h6-11H,1-5H3,(H,24,27). The smallest absolute Gasteiger partial charge is 0.340 e. The lowest BCUT2D eigenvalue weighted by Crippen LogP contribution is -2.25. The summed E-state index contributed by atoms with van der Waals surface area (Å²) in [5.74, 6) is -1.46. The van der Waals surface area contributed by atoms with Crippen LogP contribution in [0.4, 0.5) is 5.69 Å². The van der Waals surface area contributed by atoms with Crippen LogP contribution in [0.25, 0.3) is 11.0 Å². The number of amides is 1. The highest BCUT2D eigenvalue weighted by Crippen LogP contribution is 2.26. The molecule has 0 aliphatic rings. The van der Waals surface area contributed by atoms with Gasteiger partial charge in [-0.25, -0.2) is 17.5 Å². The van der Waals surface area contributed by atoms with Crippen molar-refractivity contribution >= 4 is 38.6 Å². The summed E-state index contributed by atoms with van der Waals surface area (Å²) in [7, 11) is -0.965. The van der Waals surface area contributed by atoms with Crippen molar-refractivity contribution in [2.24, 2.45) is 0 Å². The maximum atomic E-state index is 13.0. The normalized spacial score (nSPS) is 11.9. The monoisotopic (exact) mass is 470 g/mol. The molecule has 3 rings (SSSR count). The Morgan fingerprint density at radius 3 is 2.45 bits per heavy atom. The van der Waals surface area contributed by atoms with Crippen LogP contribution in [-0.4, -0.2) is 49.5 Å². The van der Waals surface area contributed by atoms with Crippen LogP contribution in [0.3, 0.4) is 0 Å². The van der Waals surface area contributed by atoms with Gasteiger partial charge < -0.3 is 14.6 Å². The lowest BCUT2D eigenvalue weighted by molar-refractivity contribution is 0.00707. The third-order valence-corrected chi connectivity index (χ3v) is 6.26. The molecule has 3 aromatic rings. The highest BCUT2D eigenvalue weighted by Gasteiger charge is 2.25. The van der Waals surface area contributed by atoms with Crippen LogP contribution in [0.1, 0.15) is 47.2 Å². The van der Waals surface area contributed by atoms with Gasteiger partial charge in [0.2, 0.25) is 10.0 Å². The Kier molecular flexibility index (Phi) is 6.26. The van der Waals surface area contributed by atoms with Gasteiger partial charge in [-0.15, -0.1) is 0 Å². The van der Waals surface area contributed by atoms with Crippen molar-refractivity contribution in [2.45, 2.75) is 31.3 Å². The molecule has 1 aromatic heterocycles. The van der Waals surface area contributed by atoms with Crippen molar-refractivity contribution in [3.8, 4) is 6.07 Å². The molecular formula is C22H22N4O6S. The van der Waals surface area contributed by atoms with Gasteiger partial charge in [-0.3, -0.25) is 4.79 Å². The molecule has 1 amide bonds. The highest BCUT2D eigenvalue weighted by atomic mass is 32.2. The number of aromatic nitrogens is 1. The Bertz CT molecular complexity index is 1390. The van der Waals surface area contributed by atoms with E-state index < -0.39 is 27.5 Å². The van der Waals surface area contributed by atoms with E-state index in [1.807, 2.05) is 6.07 Å². The van der Waals surface area contributed by atoms with E-state index in [9.17, 15) is 23.3 Å². The molecule has 33 heavy (non-hydrogen) atoms. The molecule has 11 heteroatoms. The molecule has 0 spiro atoms. The third-order valence-electron chi connectivity index (χ3n) is 4.45. The van der Waals surface area contributed by atoms with E-state index in [4.69, 9.17) is 9.26 Å². The summed E-state index contributed by atoms with van der Waals surface area (Å²) in [5.41, 5.74) is -0.454. The van der Waals surface area contributed by atoms with Gasteiger partial charge in [0.05, 0.1) is 33.2 Å². The second-order valence-corrected chi connectivity index (χ2v) is 10.5. The van der Waals surface area contributed by atoms with Crippen molar-refractivity contribution < 1.29 is 27.3 Å². The second kappa shape index (κ2) is 8.65. The summed E-state index contributed by atoms with van der Waals surface area (Å²) in [6.07, 6.45) is 0. The van der Waals surface area contributed by atoms with Gasteiger partial charge in [0.1, 0.15) is 5.60 Å². The summed E-state index contributed by atoms with van der Waals surface area (Å²) in [6, 6.07) is 10.1. The highest BCUT2D eigenvalue weighted by molar-refractivity contribution is 7.89. The molecule has 0 aliphatic heterocycles. The van der Waals surface area contributed by atoms with Crippen molar-refractivity contribution in [1.82, 2.24) is 9.46 Å². The van der Waals surface area contributed by atoms with Gasteiger partial charge in [0.15, 0.2) is 11.3 Å². The first-order chi connectivity index (χ1) is 15.3. The quantitative estimate of drug-likeness (QED) is 0.560. The van der Waals surface area contributed by atoms with E-state index in [0.717, 1.165) is 4.31 Å². The first kappa shape index (κ1) is 23.9. The maximum Gasteiger partial charge on any atom is 0.340 e. The predicted molar refractivity (Wildman–Crippen MR) is 119 cm³/mol. The van der Waals surface area contributed by atoms with E-state index in [1.54, 1.807) is 20.8 Å². The van der Waals surface area contributed by atoms with Gasteiger partial charge in [0.25, 0.3) is 5.91 Å². The summed E-state index contributed by atoms with van der Waals surface area (Å²) >= 11 is 0. The van der Waals surface area contributed by atoms with E-state index in [1.165, 1.54) is 50.5 Å². The van der Waals surface area contributed by atoms with Crippen LogP contribution in [0, 0.1) is 11.3 Å². The van der Waals surface area contributed by atoms with Crippen molar-refractivity contribution in [1.29, 1.82) is 5.26 Å². The lowest BCUT2D eigenvalue weighted by Gasteiger charge is -2.20. The lowest BCUT2D eigenvalue weighted by atomic mass is 10.1. The number of carbonyl (C=O) groups is 2. The van der Waals surface area contributed by atoms with Crippen LogP contribution in [0.2, 0.25) is 0 Å². The number of nitrogens with one attached hydrogen (secondary N) is 1. The zero-order valence-electron chi connectivity index (χ0n) is 18.7. The van der Waals surface area contributed by atoms with Crippen LogP contribution < -0.4 is 5.32 Å². The fraction of sp³-hybridized carbons (Fsp3) is 0.273. The molecule has 10 nitrogen and oxygen atoms in total. The predicted octanol–water partition coefficient (Wildman–Crippen LogP) is 3.16. The number of benzene rings is 2. The molecular weight excluding hydrogens is 448 g/mol. The van der Waals surface area contributed by atoms with E-state index in [0.29, 0.717) is 0 Å². The molecule has 0 saturated heterocycles. The van der Waals surface area contributed by atoms with Gasteiger partial charge in [-0.05, 0) is 57.2 Å². The summed E-state index contributed by atoms with van der Waals surface area (Å²) in [6.45, 7) is 5.08. The minimum atomic E-state index is -3.75. The van der Waals surface area contributed by atoms with Gasteiger partial charge in [-0.2, -0.15) is 5.26 Å². The number of nitrogens with zero attached hydrogens (tertiary/aromatic N) is 3. The van der Waals surface area contributed by atoms with Crippen LogP contribution in [0.15, 0.2) is 45.8 Å². The first-order valence-electron chi connectivity index (χ1n) is 9.74. The Morgan fingerprint density at radius 2 is 1.85 bits per heavy atom. The fourth-order valence-electron chi connectivity index (χ4n) is 2.86. The molecule has 0 saturated carbocycles. The number of esters is 1. The molecule has 172 valence electrons. The molecule has 0 atom stereocenters. The average molecular weight is 471 g/mol. The van der Waals surface area contributed by atoms with Crippen LogP contribution in [0.5, 0.6) is 0 Å². The number of nitriles is 1. The fourth-order valence-corrected chi connectivity index (χ4v) is 3.79. The van der Waals surface area contributed by atoms with E-state index in [-0.39, 0.29) is 38.4 Å². The Morgan fingerprint density at radius 1 is 1.15 bits per heavy atom. The van der Waals surface area contributed by atoms with Crippen molar-refractivity contribution in [3.05, 3.63) is 53.2 Å². The largest absolute Gasteiger partial charge is 0.456 e. The molecule has 0 unspecified atom stereocenters. The molecule has 0 radical (unpaired) electrons. The number of ether oxygens (including phenoxy) is 1. The minimum absolute atomic E-state index is 0.0130. The zero-order valence-corrected chi connectivity index (χ0v) is 19.5. The van der Waals surface area contributed by atoms with Gasteiger partial charge in [-0.1, -0.05) is 5.16 Å². The van der Waals surface area contributed by atoms with E-state index >= 15 is 0 Å². The maximum absolute atomic E-state index is 13.0. The third kappa shape index (κ3) is 5.02. The van der Waals surface area contributed by atoms with Crippen molar-refractivity contribution in [3.63, 3.8) is 0 Å². The van der Waals surface area contributed by atoms with E-state index in [2.05, 4.69) is 10.5 Å². The molecule has 0 bridgehead atoms. The zero-order chi connectivity index (χ0) is 24.6. The van der Waals surface area contributed by atoms with Gasteiger partial charge in [0, 0.05) is 14.1 Å². The number of carbonyl (C=O) groups excluding carboxylic acids is 2. The molecule has 2 aromatic carbocycles. The Hall–Kier alpha value is -3.75. The molecule has 1 heterocycles. The van der Waals surface area contributed by atoms with Crippen LogP contribution in [-0.2, 0) is 14.8 Å². The average Bonchev–Trinajstić information content (AvgIpc) is 3.16. The minimum Gasteiger partial charge on any atom is -0.456 e. The molecule has 0 aliphatic carbocycles. The Balaban J connectivity index is 2.01. The van der Waals surface area contributed by atoms with Crippen LogP contribution >= 0.6 is 0 Å². The second-order valence-electron chi connectivity index (χ2n) is 8.30. The topological polar surface area (TPSA) is 143 Å². The number of anilines is 1. The summed E-state index contributed by atoms with van der Waals surface area (Å²) in [4.78, 5) is 25.6. The Labute approximate surface area is 190 Å². The first-order valence-corrected chi connectivity index (χ1v) is 11.2. The van der Waals surface area contributed by atoms with Crippen molar-refractivity contribution in [2.75, 3.05) is 19.4 Å².